The molecule has 1 aliphatic rings. The normalized spacial score (nSPS) is 14.6. The molecule has 0 aliphatic carbocycles. The second kappa shape index (κ2) is 12.2. The third-order valence-electron chi connectivity index (χ3n) is 6.36. The van der Waals surface area contributed by atoms with Crippen molar-refractivity contribution in [2.45, 2.75) is 25.7 Å². The summed E-state index contributed by atoms with van der Waals surface area (Å²) in [5, 5.41) is 4.22. The van der Waals surface area contributed by atoms with Crippen molar-refractivity contribution in [1.29, 1.82) is 0 Å². The van der Waals surface area contributed by atoms with Crippen LogP contribution >= 0.6 is 15.9 Å². The van der Waals surface area contributed by atoms with Crippen molar-refractivity contribution in [3.63, 3.8) is 0 Å². The molecule has 2 heterocycles. The molecule has 4 rings (SSSR count). The maximum absolute atomic E-state index is 11.4. The first kappa shape index (κ1) is 25.2. The summed E-state index contributed by atoms with van der Waals surface area (Å²) < 4.78 is 17.5. The zero-order chi connectivity index (χ0) is 24.6. The van der Waals surface area contributed by atoms with E-state index in [2.05, 4.69) is 36.1 Å². The molecule has 35 heavy (non-hydrogen) atoms. The molecule has 186 valence electrons. The topological polar surface area (TPSA) is 85.8 Å². The highest BCUT2D eigenvalue weighted by atomic mass is 79.9. The van der Waals surface area contributed by atoms with Gasteiger partial charge in [-0.25, -0.2) is 9.97 Å². The quantitative estimate of drug-likeness (QED) is 0.350. The molecule has 8 nitrogen and oxygen atoms in total. The smallest absolute Gasteiger partial charge is 0.306 e. The largest absolute Gasteiger partial charge is 0.493 e. The summed E-state index contributed by atoms with van der Waals surface area (Å²) in [4.78, 5) is 22.6. The zero-order valence-corrected chi connectivity index (χ0v) is 21.7. The zero-order valence-electron chi connectivity index (χ0n) is 20.1. The predicted molar refractivity (Wildman–Crippen MR) is 139 cm³/mol. The van der Waals surface area contributed by atoms with Crippen LogP contribution in [0, 0.1) is 5.92 Å². The Labute approximate surface area is 214 Å². The number of methoxy groups -OCH3 is 2. The van der Waals surface area contributed by atoms with Crippen molar-refractivity contribution < 1.29 is 19.0 Å². The molecular formula is C26H31BrN4O4. The lowest BCUT2D eigenvalue weighted by atomic mass is 9.94. The van der Waals surface area contributed by atoms with E-state index in [1.807, 2.05) is 36.4 Å². The van der Waals surface area contributed by atoms with Crippen molar-refractivity contribution in [2.24, 2.45) is 5.92 Å². The second-order valence-corrected chi connectivity index (χ2v) is 9.54. The van der Waals surface area contributed by atoms with E-state index in [0.29, 0.717) is 36.3 Å². The molecule has 1 fully saturated rings. The number of aromatic nitrogens is 2. The molecule has 1 N–H and O–H groups in total. The number of carbonyl (C=O) groups is 1. The molecular weight excluding hydrogens is 512 g/mol. The van der Waals surface area contributed by atoms with Crippen molar-refractivity contribution in [1.82, 2.24) is 14.9 Å². The van der Waals surface area contributed by atoms with Crippen LogP contribution in [0.1, 0.15) is 25.7 Å². The number of benzene rings is 2. The monoisotopic (exact) mass is 542 g/mol. The first-order valence-electron chi connectivity index (χ1n) is 11.8. The first-order chi connectivity index (χ1) is 17.1. The minimum Gasteiger partial charge on any atom is -0.493 e. The number of hydrogen-bond acceptors (Lipinski definition) is 8. The Morgan fingerprint density at radius 2 is 1.97 bits per heavy atom. The molecule has 0 spiro atoms. The minimum atomic E-state index is -0.147. The predicted octanol–water partition coefficient (Wildman–Crippen LogP) is 5.19. The minimum absolute atomic E-state index is 0.147. The Morgan fingerprint density at radius 3 is 2.71 bits per heavy atom. The third-order valence-corrected chi connectivity index (χ3v) is 6.85. The second-order valence-electron chi connectivity index (χ2n) is 8.63. The third kappa shape index (κ3) is 6.82. The summed E-state index contributed by atoms with van der Waals surface area (Å²) >= 11 is 3.50. The summed E-state index contributed by atoms with van der Waals surface area (Å²) in [5.74, 6) is 2.51. The van der Waals surface area contributed by atoms with Crippen LogP contribution in [-0.2, 0) is 9.53 Å². The number of rotatable bonds is 10. The molecule has 0 bridgehead atoms. The fraction of sp³-hybridized carbons (Fsp3) is 0.423. The van der Waals surface area contributed by atoms with Crippen LogP contribution in [0.25, 0.3) is 10.9 Å². The van der Waals surface area contributed by atoms with Gasteiger partial charge in [0.25, 0.3) is 0 Å². The first-order valence-corrected chi connectivity index (χ1v) is 12.6. The van der Waals surface area contributed by atoms with E-state index in [-0.39, 0.29) is 5.97 Å². The fourth-order valence-corrected chi connectivity index (χ4v) is 4.72. The molecule has 1 aromatic heterocycles. The van der Waals surface area contributed by atoms with E-state index in [0.717, 1.165) is 60.0 Å². The molecule has 0 atom stereocenters. The number of esters is 1. The van der Waals surface area contributed by atoms with Gasteiger partial charge in [0.1, 0.15) is 12.1 Å². The van der Waals surface area contributed by atoms with Crippen molar-refractivity contribution in [2.75, 3.05) is 45.8 Å². The number of hydrogen-bond donors (Lipinski definition) is 1. The van der Waals surface area contributed by atoms with Gasteiger partial charge in [-0.15, -0.1) is 0 Å². The van der Waals surface area contributed by atoms with Gasteiger partial charge in [-0.1, -0.05) is 22.0 Å². The summed E-state index contributed by atoms with van der Waals surface area (Å²) in [5.41, 5.74) is 1.71. The highest BCUT2D eigenvalue weighted by Gasteiger charge is 2.20. The van der Waals surface area contributed by atoms with E-state index in [4.69, 9.17) is 14.2 Å². The standard InChI is InChI=1S/C26H31BrN4O4/c1-33-23-15-21-22(28-17-29-26(21)30-20-5-3-4-19(27)14-20)16-24(23)35-13-9-18-6-10-31(11-7-18)12-8-25(32)34-2/h3-5,14-18H,6-13H2,1-2H3,(H,28,29,30). The van der Waals surface area contributed by atoms with E-state index < -0.39 is 0 Å². The molecule has 0 amide bonds. The molecule has 0 saturated carbocycles. The SMILES string of the molecule is COC(=O)CCN1CCC(CCOc2cc3ncnc(Nc4cccc(Br)c4)c3cc2OC)CC1. The van der Waals surface area contributed by atoms with Gasteiger partial charge in [0.05, 0.1) is 32.8 Å². The van der Waals surface area contributed by atoms with Crippen LogP contribution in [0.15, 0.2) is 47.2 Å². The Hall–Kier alpha value is -2.91. The van der Waals surface area contributed by atoms with E-state index in [1.54, 1.807) is 13.4 Å². The van der Waals surface area contributed by atoms with Gasteiger partial charge < -0.3 is 24.4 Å². The van der Waals surface area contributed by atoms with E-state index >= 15 is 0 Å². The molecule has 9 heteroatoms. The van der Waals surface area contributed by atoms with Crippen molar-refractivity contribution in [3.8, 4) is 11.5 Å². The molecule has 1 aliphatic heterocycles. The van der Waals surface area contributed by atoms with Crippen LogP contribution < -0.4 is 14.8 Å². The van der Waals surface area contributed by atoms with Gasteiger partial charge >= 0.3 is 5.97 Å². The maximum Gasteiger partial charge on any atom is 0.306 e. The van der Waals surface area contributed by atoms with Crippen LogP contribution in [0.3, 0.4) is 0 Å². The number of anilines is 2. The van der Waals surface area contributed by atoms with Gasteiger partial charge in [0.15, 0.2) is 11.5 Å². The number of nitrogens with one attached hydrogen (secondary N) is 1. The van der Waals surface area contributed by atoms with Crippen LogP contribution in [-0.4, -0.2) is 61.3 Å². The summed E-state index contributed by atoms with van der Waals surface area (Å²) in [6.07, 6.45) is 5.20. The lowest BCUT2D eigenvalue weighted by Crippen LogP contribution is -2.35. The average molecular weight is 543 g/mol. The molecule has 0 radical (unpaired) electrons. The van der Waals surface area contributed by atoms with Crippen LogP contribution in [0.5, 0.6) is 11.5 Å². The van der Waals surface area contributed by atoms with Gasteiger partial charge in [-0.05, 0) is 62.5 Å². The summed E-state index contributed by atoms with van der Waals surface area (Å²) in [7, 11) is 3.08. The Bertz CT molecular complexity index is 1150. The Kier molecular flexibility index (Phi) is 8.76. The van der Waals surface area contributed by atoms with Crippen molar-refractivity contribution in [3.05, 3.63) is 47.2 Å². The van der Waals surface area contributed by atoms with Gasteiger partial charge in [0.2, 0.25) is 0 Å². The number of likely N-dealkylation sites (tertiary alicyclic amines) is 1. The Balaban J connectivity index is 1.35. The molecule has 2 aromatic carbocycles. The molecule has 3 aromatic rings. The number of fused-ring (bicyclic) bond motifs is 1. The van der Waals surface area contributed by atoms with Crippen LogP contribution in [0.4, 0.5) is 11.5 Å². The van der Waals surface area contributed by atoms with Crippen LogP contribution in [0.2, 0.25) is 0 Å². The number of ether oxygens (including phenoxy) is 3. The van der Waals surface area contributed by atoms with E-state index in [1.165, 1.54) is 7.11 Å². The number of halogens is 1. The lowest BCUT2D eigenvalue weighted by Gasteiger charge is -2.31. The Morgan fingerprint density at radius 1 is 1.14 bits per heavy atom. The average Bonchev–Trinajstić information content (AvgIpc) is 2.88. The maximum atomic E-state index is 11.4. The summed E-state index contributed by atoms with van der Waals surface area (Å²) in [6, 6.07) is 11.8. The number of nitrogens with zero attached hydrogens (tertiary/aromatic N) is 3. The van der Waals surface area contributed by atoms with Gasteiger partial charge in [-0.3, -0.25) is 4.79 Å². The van der Waals surface area contributed by atoms with Gasteiger partial charge in [-0.2, -0.15) is 0 Å². The molecule has 1 saturated heterocycles. The highest BCUT2D eigenvalue weighted by Crippen LogP contribution is 2.35. The van der Waals surface area contributed by atoms with Gasteiger partial charge in [0, 0.05) is 28.2 Å². The fourth-order valence-electron chi connectivity index (χ4n) is 4.32. The summed E-state index contributed by atoms with van der Waals surface area (Å²) in [6.45, 7) is 3.39. The van der Waals surface area contributed by atoms with E-state index in [9.17, 15) is 4.79 Å². The number of carbonyl (C=O) groups excluding carboxylic acids is 1. The van der Waals surface area contributed by atoms with Crippen molar-refractivity contribution >= 4 is 44.3 Å². The number of piperidine rings is 1. The molecule has 0 unspecified atom stereocenters. The highest BCUT2D eigenvalue weighted by molar-refractivity contribution is 9.10. The lowest BCUT2D eigenvalue weighted by molar-refractivity contribution is -0.141.